The van der Waals surface area contributed by atoms with Crippen LogP contribution < -0.4 is 0 Å². The van der Waals surface area contributed by atoms with E-state index in [0.717, 1.165) is 25.1 Å². The predicted octanol–water partition coefficient (Wildman–Crippen LogP) is 3.00. The van der Waals surface area contributed by atoms with Crippen LogP contribution in [-0.4, -0.2) is 39.0 Å². The fourth-order valence-electron chi connectivity index (χ4n) is 2.78. The third kappa shape index (κ3) is 3.41. The zero-order valence-corrected chi connectivity index (χ0v) is 13.6. The summed E-state index contributed by atoms with van der Waals surface area (Å²) in [4.78, 5) is 22.9. The number of hydrogen-bond acceptors (Lipinski definition) is 5. The van der Waals surface area contributed by atoms with Crippen LogP contribution in [0.15, 0.2) is 28.9 Å². The number of rotatable bonds is 4. The van der Waals surface area contributed by atoms with Gasteiger partial charge in [0.2, 0.25) is 5.89 Å². The maximum Gasteiger partial charge on any atom is 0.272 e. The van der Waals surface area contributed by atoms with E-state index in [1.165, 1.54) is 0 Å². The van der Waals surface area contributed by atoms with Crippen molar-refractivity contribution in [2.75, 3.05) is 13.1 Å². The van der Waals surface area contributed by atoms with Crippen molar-refractivity contribution in [2.45, 2.75) is 44.9 Å². The van der Waals surface area contributed by atoms with Gasteiger partial charge in [0.15, 0.2) is 5.82 Å². The molecule has 1 unspecified atom stereocenters. The van der Waals surface area contributed by atoms with E-state index in [9.17, 15) is 4.79 Å². The van der Waals surface area contributed by atoms with Crippen molar-refractivity contribution < 1.29 is 9.32 Å². The SMILES string of the molecule is CCC(C)c1noc(C2CCN(C(=O)c3ccccn3)CC2)n1. The minimum Gasteiger partial charge on any atom is -0.339 e. The van der Waals surface area contributed by atoms with Crippen LogP contribution in [0.3, 0.4) is 0 Å². The Balaban J connectivity index is 1.60. The number of amides is 1. The van der Waals surface area contributed by atoms with E-state index < -0.39 is 0 Å². The molecule has 1 aliphatic heterocycles. The summed E-state index contributed by atoms with van der Waals surface area (Å²) < 4.78 is 5.43. The molecule has 23 heavy (non-hydrogen) atoms. The van der Waals surface area contributed by atoms with Crippen LogP contribution in [0.1, 0.15) is 67.1 Å². The number of hydrogen-bond donors (Lipinski definition) is 0. The van der Waals surface area contributed by atoms with Gasteiger partial charge in [-0.25, -0.2) is 0 Å². The molecule has 1 saturated heterocycles. The molecule has 0 bridgehead atoms. The minimum atomic E-state index is -0.00475. The molecule has 3 rings (SSSR count). The predicted molar refractivity (Wildman–Crippen MR) is 85.1 cm³/mol. The van der Waals surface area contributed by atoms with Crippen molar-refractivity contribution in [3.05, 3.63) is 41.8 Å². The van der Waals surface area contributed by atoms with Crippen LogP contribution in [0.5, 0.6) is 0 Å². The van der Waals surface area contributed by atoms with Gasteiger partial charge in [0.1, 0.15) is 5.69 Å². The molecule has 0 saturated carbocycles. The maximum atomic E-state index is 12.4. The van der Waals surface area contributed by atoms with Crippen LogP contribution in [0.2, 0.25) is 0 Å². The van der Waals surface area contributed by atoms with Crippen molar-refractivity contribution in [1.82, 2.24) is 20.0 Å². The molecule has 0 radical (unpaired) electrons. The zero-order chi connectivity index (χ0) is 16.2. The first-order valence-corrected chi connectivity index (χ1v) is 8.22. The molecule has 6 nitrogen and oxygen atoms in total. The number of carbonyl (C=O) groups excluding carboxylic acids is 1. The number of nitrogens with zero attached hydrogens (tertiary/aromatic N) is 4. The first-order valence-electron chi connectivity index (χ1n) is 8.22. The second kappa shape index (κ2) is 6.89. The van der Waals surface area contributed by atoms with E-state index in [0.29, 0.717) is 30.6 Å². The lowest BCUT2D eigenvalue weighted by molar-refractivity contribution is 0.0698. The van der Waals surface area contributed by atoms with Crippen molar-refractivity contribution in [1.29, 1.82) is 0 Å². The Kier molecular flexibility index (Phi) is 4.69. The maximum absolute atomic E-state index is 12.4. The van der Waals surface area contributed by atoms with Crippen molar-refractivity contribution >= 4 is 5.91 Å². The second-order valence-corrected chi connectivity index (χ2v) is 6.08. The molecule has 6 heteroatoms. The van der Waals surface area contributed by atoms with Gasteiger partial charge in [-0.3, -0.25) is 9.78 Å². The Hall–Kier alpha value is -2.24. The molecule has 122 valence electrons. The van der Waals surface area contributed by atoms with E-state index in [1.807, 2.05) is 17.0 Å². The highest BCUT2D eigenvalue weighted by molar-refractivity contribution is 5.92. The number of piperidine rings is 1. The van der Waals surface area contributed by atoms with E-state index in [4.69, 9.17) is 4.52 Å². The van der Waals surface area contributed by atoms with E-state index >= 15 is 0 Å². The Morgan fingerprint density at radius 1 is 1.39 bits per heavy atom. The first kappa shape index (κ1) is 15.6. The number of carbonyl (C=O) groups is 1. The molecule has 1 amide bonds. The van der Waals surface area contributed by atoms with Gasteiger partial charge >= 0.3 is 0 Å². The molecule has 1 fully saturated rings. The fraction of sp³-hybridized carbons (Fsp3) is 0.529. The molecule has 0 aromatic carbocycles. The first-order chi connectivity index (χ1) is 11.2. The highest BCUT2D eigenvalue weighted by Gasteiger charge is 2.28. The van der Waals surface area contributed by atoms with Gasteiger partial charge in [-0.15, -0.1) is 0 Å². The van der Waals surface area contributed by atoms with Gasteiger partial charge < -0.3 is 9.42 Å². The van der Waals surface area contributed by atoms with Gasteiger partial charge in [0, 0.05) is 31.1 Å². The smallest absolute Gasteiger partial charge is 0.272 e. The average Bonchev–Trinajstić information content (AvgIpc) is 3.11. The molecule has 1 aliphatic rings. The zero-order valence-electron chi connectivity index (χ0n) is 13.6. The molecule has 3 heterocycles. The Morgan fingerprint density at radius 2 is 2.17 bits per heavy atom. The molecule has 2 aromatic heterocycles. The molecule has 0 N–H and O–H groups in total. The number of aromatic nitrogens is 3. The van der Waals surface area contributed by atoms with Crippen LogP contribution >= 0.6 is 0 Å². The van der Waals surface area contributed by atoms with Gasteiger partial charge in [-0.05, 0) is 31.4 Å². The normalized spacial score (nSPS) is 17.2. The monoisotopic (exact) mass is 314 g/mol. The van der Waals surface area contributed by atoms with Gasteiger partial charge in [0.05, 0.1) is 0 Å². The van der Waals surface area contributed by atoms with Crippen LogP contribution in [-0.2, 0) is 0 Å². The average molecular weight is 314 g/mol. The highest BCUT2D eigenvalue weighted by atomic mass is 16.5. The summed E-state index contributed by atoms with van der Waals surface area (Å²) in [6.07, 6.45) is 4.34. The van der Waals surface area contributed by atoms with Crippen LogP contribution in [0.4, 0.5) is 0 Å². The third-order valence-corrected chi connectivity index (χ3v) is 4.53. The van der Waals surface area contributed by atoms with Crippen LogP contribution in [0.25, 0.3) is 0 Å². The number of likely N-dealkylation sites (tertiary alicyclic amines) is 1. The topological polar surface area (TPSA) is 72.1 Å². The summed E-state index contributed by atoms with van der Waals surface area (Å²) >= 11 is 0. The summed E-state index contributed by atoms with van der Waals surface area (Å²) in [6.45, 7) is 5.60. The molecular weight excluding hydrogens is 292 g/mol. The third-order valence-electron chi connectivity index (χ3n) is 4.53. The van der Waals surface area contributed by atoms with Gasteiger partial charge in [-0.1, -0.05) is 25.1 Å². The number of pyridine rings is 1. The summed E-state index contributed by atoms with van der Waals surface area (Å²) in [7, 11) is 0. The molecule has 0 spiro atoms. The summed E-state index contributed by atoms with van der Waals surface area (Å²) in [5, 5.41) is 4.09. The standard InChI is InChI=1S/C17H22N4O2/c1-3-12(2)15-19-16(23-20-15)13-7-10-21(11-8-13)17(22)14-6-4-5-9-18-14/h4-6,9,12-13H,3,7-8,10-11H2,1-2H3. The van der Waals surface area contributed by atoms with Gasteiger partial charge in [-0.2, -0.15) is 4.98 Å². The molecular formula is C17H22N4O2. The van der Waals surface area contributed by atoms with Crippen molar-refractivity contribution in [3.8, 4) is 0 Å². The summed E-state index contributed by atoms with van der Waals surface area (Å²) in [5.41, 5.74) is 0.503. The quantitative estimate of drug-likeness (QED) is 0.867. The molecule has 2 aromatic rings. The van der Waals surface area contributed by atoms with Gasteiger partial charge in [0.25, 0.3) is 5.91 Å². The Bertz CT molecular complexity index is 648. The van der Waals surface area contributed by atoms with Crippen molar-refractivity contribution in [2.24, 2.45) is 0 Å². The second-order valence-electron chi connectivity index (χ2n) is 6.08. The van der Waals surface area contributed by atoms with E-state index in [-0.39, 0.29) is 11.8 Å². The molecule has 0 aliphatic carbocycles. The Labute approximate surface area is 135 Å². The summed E-state index contributed by atoms with van der Waals surface area (Å²) in [5.74, 6) is 2.06. The lowest BCUT2D eigenvalue weighted by atomic mass is 9.96. The fourth-order valence-corrected chi connectivity index (χ4v) is 2.78. The lowest BCUT2D eigenvalue weighted by Crippen LogP contribution is -2.38. The highest BCUT2D eigenvalue weighted by Crippen LogP contribution is 2.28. The van der Waals surface area contributed by atoms with E-state index in [2.05, 4.69) is 29.0 Å². The summed E-state index contributed by atoms with van der Waals surface area (Å²) in [6, 6.07) is 5.40. The van der Waals surface area contributed by atoms with Crippen LogP contribution in [0, 0.1) is 0 Å². The van der Waals surface area contributed by atoms with Crippen molar-refractivity contribution in [3.63, 3.8) is 0 Å². The lowest BCUT2D eigenvalue weighted by Gasteiger charge is -2.30. The Morgan fingerprint density at radius 3 is 2.83 bits per heavy atom. The minimum absolute atomic E-state index is 0.00475. The van der Waals surface area contributed by atoms with E-state index in [1.54, 1.807) is 12.3 Å². The largest absolute Gasteiger partial charge is 0.339 e. The molecule has 1 atom stereocenters.